The highest BCUT2D eigenvalue weighted by molar-refractivity contribution is 6.32. The zero-order valence-corrected chi connectivity index (χ0v) is 23.5. The number of aryl methyl sites for hydroxylation is 1. The van der Waals surface area contributed by atoms with Crippen molar-refractivity contribution in [3.05, 3.63) is 52.0 Å². The molecule has 3 aliphatic rings. The molecule has 2 aromatic rings. The number of ether oxygens (including phenoxy) is 2. The summed E-state index contributed by atoms with van der Waals surface area (Å²) in [7, 11) is 3.10. The SMILES string of the molecule is COc1ccc(C2NC(CC3CCCCC3)(C(=O)O)C3C(=O)N(c4ccc(C)c(Cl)c4)C(=O)C23)c(OC)c1C. The highest BCUT2D eigenvalue weighted by Crippen LogP contribution is 2.54. The summed E-state index contributed by atoms with van der Waals surface area (Å²) >= 11 is 6.37. The number of carboxylic acid groups (broad SMARTS) is 1. The van der Waals surface area contributed by atoms with E-state index in [9.17, 15) is 19.5 Å². The van der Waals surface area contributed by atoms with E-state index in [-0.39, 0.29) is 12.3 Å². The number of nitrogens with one attached hydrogen (secondary N) is 1. The number of carboxylic acids is 1. The molecule has 3 fully saturated rings. The number of benzene rings is 2. The number of fused-ring (bicyclic) bond motifs is 1. The fraction of sp³-hybridized carbons (Fsp3) is 0.500. The number of amides is 2. The fourth-order valence-corrected chi connectivity index (χ4v) is 7.17. The van der Waals surface area contributed by atoms with Crippen LogP contribution in [0.5, 0.6) is 11.5 Å². The molecule has 5 rings (SSSR count). The minimum absolute atomic E-state index is 0.145. The van der Waals surface area contributed by atoms with Crippen molar-refractivity contribution in [3.63, 3.8) is 0 Å². The van der Waals surface area contributed by atoms with Gasteiger partial charge in [0.05, 0.1) is 31.7 Å². The van der Waals surface area contributed by atoms with E-state index in [2.05, 4.69) is 5.32 Å². The summed E-state index contributed by atoms with van der Waals surface area (Å²) < 4.78 is 11.2. The fourth-order valence-electron chi connectivity index (χ4n) is 6.99. The first-order chi connectivity index (χ1) is 18.6. The van der Waals surface area contributed by atoms with Gasteiger partial charge in [-0.1, -0.05) is 55.8 Å². The van der Waals surface area contributed by atoms with Gasteiger partial charge >= 0.3 is 5.97 Å². The van der Waals surface area contributed by atoms with Gasteiger partial charge in [-0.3, -0.25) is 19.7 Å². The van der Waals surface area contributed by atoms with E-state index in [0.717, 1.165) is 48.1 Å². The molecule has 0 bridgehead atoms. The van der Waals surface area contributed by atoms with Crippen LogP contribution >= 0.6 is 11.6 Å². The molecule has 208 valence electrons. The molecular formula is C30H35ClN2O6. The molecule has 1 saturated carbocycles. The predicted molar refractivity (Wildman–Crippen MR) is 147 cm³/mol. The molecule has 8 nitrogen and oxygen atoms in total. The third-order valence-electron chi connectivity index (χ3n) is 8.93. The van der Waals surface area contributed by atoms with E-state index >= 15 is 0 Å². The number of aliphatic carboxylic acids is 1. The van der Waals surface area contributed by atoms with Crippen molar-refractivity contribution in [1.82, 2.24) is 5.32 Å². The Kier molecular flexibility index (Phi) is 7.37. The summed E-state index contributed by atoms with van der Waals surface area (Å²) in [4.78, 5) is 42.7. The minimum atomic E-state index is -1.60. The van der Waals surface area contributed by atoms with Crippen LogP contribution in [-0.4, -0.2) is 42.6 Å². The summed E-state index contributed by atoms with van der Waals surface area (Å²) in [6.45, 7) is 3.69. The second kappa shape index (κ2) is 10.5. The molecule has 2 aliphatic heterocycles. The van der Waals surface area contributed by atoms with Gasteiger partial charge in [-0.25, -0.2) is 4.90 Å². The Morgan fingerprint density at radius 1 is 1.08 bits per heavy atom. The predicted octanol–water partition coefficient (Wildman–Crippen LogP) is 5.22. The van der Waals surface area contributed by atoms with Crippen LogP contribution < -0.4 is 19.7 Å². The van der Waals surface area contributed by atoms with Crippen molar-refractivity contribution >= 4 is 35.1 Å². The maximum atomic E-state index is 14.2. The summed E-state index contributed by atoms with van der Waals surface area (Å²) in [6.07, 6.45) is 5.28. The highest BCUT2D eigenvalue weighted by Gasteiger charge is 2.69. The van der Waals surface area contributed by atoms with Gasteiger partial charge in [0.1, 0.15) is 17.0 Å². The van der Waals surface area contributed by atoms with Crippen molar-refractivity contribution in [3.8, 4) is 11.5 Å². The smallest absolute Gasteiger partial charge is 0.324 e. The third-order valence-corrected chi connectivity index (χ3v) is 9.34. The average molecular weight is 555 g/mol. The molecule has 2 saturated heterocycles. The molecule has 9 heteroatoms. The van der Waals surface area contributed by atoms with Crippen molar-refractivity contribution in [2.75, 3.05) is 19.1 Å². The number of rotatable bonds is 7. The monoisotopic (exact) mass is 554 g/mol. The van der Waals surface area contributed by atoms with Crippen LogP contribution in [0.4, 0.5) is 5.69 Å². The Hall–Kier alpha value is -3.10. The molecule has 0 aromatic heterocycles. The van der Waals surface area contributed by atoms with Gasteiger partial charge in [0.25, 0.3) is 0 Å². The number of anilines is 1. The number of methoxy groups -OCH3 is 2. The summed E-state index contributed by atoms with van der Waals surface area (Å²) in [5, 5.41) is 14.6. The Bertz CT molecular complexity index is 1320. The number of carbonyl (C=O) groups excluding carboxylic acids is 2. The van der Waals surface area contributed by atoms with Gasteiger partial charge in [0.2, 0.25) is 11.8 Å². The zero-order valence-electron chi connectivity index (χ0n) is 22.8. The molecule has 39 heavy (non-hydrogen) atoms. The number of nitrogens with zero attached hydrogens (tertiary/aromatic N) is 1. The van der Waals surface area contributed by atoms with Crippen LogP contribution in [0.2, 0.25) is 5.02 Å². The molecule has 4 unspecified atom stereocenters. The number of halogens is 1. The quantitative estimate of drug-likeness (QED) is 0.452. The van der Waals surface area contributed by atoms with Gasteiger partial charge < -0.3 is 14.6 Å². The molecule has 1 aliphatic carbocycles. The van der Waals surface area contributed by atoms with E-state index in [1.54, 1.807) is 37.4 Å². The topological polar surface area (TPSA) is 105 Å². The van der Waals surface area contributed by atoms with Crippen molar-refractivity contribution < 1.29 is 29.0 Å². The number of hydrogen-bond donors (Lipinski definition) is 2. The van der Waals surface area contributed by atoms with Crippen LogP contribution in [-0.2, 0) is 14.4 Å². The van der Waals surface area contributed by atoms with Gasteiger partial charge in [-0.05, 0) is 49.9 Å². The second-order valence-electron chi connectivity index (χ2n) is 11.1. The first-order valence-electron chi connectivity index (χ1n) is 13.5. The summed E-state index contributed by atoms with van der Waals surface area (Å²) in [5.41, 5.74) is 0.919. The molecule has 2 heterocycles. The van der Waals surface area contributed by atoms with Crippen molar-refractivity contribution in [2.45, 2.75) is 64.0 Å². The first kappa shape index (κ1) is 27.5. The Balaban J connectivity index is 1.67. The van der Waals surface area contributed by atoms with E-state index in [0.29, 0.717) is 27.8 Å². The molecule has 2 N–H and O–H groups in total. The normalized spacial score (nSPS) is 27.1. The lowest BCUT2D eigenvalue weighted by molar-refractivity contribution is -0.150. The molecule has 2 amide bonds. The van der Waals surface area contributed by atoms with E-state index in [4.69, 9.17) is 21.1 Å². The highest BCUT2D eigenvalue weighted by atomic mass is 35.5. The first-order valence-corrected chi connectivity index (χ1v) is 13.9. The minimum Gasteiger partial charge on any atom is -0.496 e. The Labute approximate surface area is 233 Å². The second-order valence-corrected chi connectivity index (χ2v) is 11.5. The van der Waals surface area contributed by atoms with E-state index in [1.807, 2.05) is 13.8 Å². The van der Waals surface area contributed by atoms with Gasteiger partial charge in [0, 0.05) is 22.2 Å². The third kappa shape index (κ3) is 4.38. The number of imide groups is 1. The molecular weight excluding hydrogens is 520 g/mol. The molecule has 4 atom stereocenters. The molecule has 0 radical (unpaired) electrons. The average Bonchev–Trinajstić information content (AvgIpc) is 3.40. The molecule has 2 aromatic carbocycles. The number of carbonyl (C=O) groups is 3. The maximum absolute atomic E-state index is 14.2. The lowest BCUT2D eigenvalue weighted by Gasteiger charge is -2.35. The zero-order chi connectivity index (χ0) is 28.1. The standard InChI is InChI=1S/C30H35ClN2O6/c1-16-10-11-19(14-21(16)31)33-27(34)23-24(28(33)35)30(29(36)37,15-18-8-6-5-7-9-18)32-25(23)20-12-13-22(38-3)17(2)26(20)39-4/h10-14,18,23-25,32H,5-9,15H2,1-4H3,(H,36,37). The summed E-state index contributed by atoms with van der Waals surface area (Å²) in [6, 6.07) is 7.85. The molecule has 0 spiro atoms. The largest absolute Gasteiger partial charge is 0.496 e. The van der Waals surface area contributed by atoms with Crippen LogP contribution in [0.15, 0.2) is 30.3 Å². The summed E-state index contributed by atoms with van der Waals surface area (Å²) in [5.74, 6) is -2.82. The lowest BCUT2D eigenvalue weighted by Crippen LogP contribution is -2.57. The van der Waals surface area contributed by atoms with Crippen LogP contribution in [0, 0.1) is 31.6 Å². The van der Waals surface area contributed by atoms with Gasteiger partial charge in [0.15, 0.2) is 0 Å². The van der Waals surface area contributed by atoms with E-state index in [1.165, 1.54) is 7.11 Å². The van der Waals surface area contributed by atoms with Crippen LogP contribution in [0.25, 0.3) is 0 Å². The van der Waals surface area contributed by atoms with Crippen molar-refractivity contribution in [1.29, 1.82) is 0 Å². The van der Waals surface area contributed by atoms with Crippen molar-refractivity contribution in [2.24, 2.45) is 17.8 Å². The van der Waals surface area contributed by atoms with Crippen LogP contribution in [0.1, 0.15) is 61.3 Å². The van der Waals surface area contributed by atoms with E-state index < -0.39 is 41.2 Å². The van der Waals surface area contributed by atoms with Gasteiger partial charge in [-0.2, -0.15) is 0 Å². The lowest BCUT2D eigenvalue weighted by atomic mass is 9.72. The van der Waals surface area contributed by atoms with Crippen LogP contribution in [0.3, 0.4) is 0 Å². The van der Waals surface area contributed by atoms with Gasteiger partial charge in [-0.15, -0.1) is 0 Å². The Morgan fingerprint density at radius 3 is 2.41 bits per heavy atom. The number of hydrogen-bond acceptors (Lipinski definition) is 6. The Morgan fingerprint density at radius 2 is 1.79 bits per heavy atom. The maximum Gasteiger partial charge on any atom is 0.324 e.